The summed E-state index contributed by atoms with van der Waals surface area (Å²) in [4.78, 5) is 26.7. The van der Waals surface area contributed by atoms with Gasteiger partial charge in [-0.2, -0.15) is 0 Å². The van der Waals surface area contributed by atoms with Gasteiger partial charge in [0, 0.05) is 5.92 Å². The zero-order chi connectivity index (χ0) is 27.0. The van der Waals surface area contributed by atoms with Crippen LogP contribution < -0.4 is 18.9 Å². The highest BCUT2D eigenvalue weighted by molar-refractivity contribution is 6.02. The maximum Gasteiger partial charge on any atom is 0.208 e. The summed E-state index contributed by atoms with van der Waals surface area (Å²) in [5.74, 6) is -1.78. The van der Waals surface area contributed by atoms with Crippen molar-refractivity contribution in [2.24, 2.45) is 5.92 Å². The zero-order valence-electron chi connectivity index (χ0n) is 20.6. The second-order valence-corrected chi connectivity index (χ2v) is 9.18. The van der Waals surface area contributed by atoms with Crippen LogP contribution in [0.3, 0.4) is 0 Å². The molecule has 6 atom stereocenters. The molecule has 1 aliphatic heterocycles. The van der Waals surface area contributed by atoms with Crippen LogP contribution >= 0.6 is 0 Å². The Bertz CT molecular complexity index is 1130. The number of ether oxygens (including phenoxy) is 5. The molecule has 2 unspecified atom stereocenters. The molecule has 1 heterocycles. The third kappa shape index (κ3) is 4.12. The molecule has 1 aliphatic carbocycles. The largest absolute Gasteiger partial charge is 0.497 e. The zero-order valence-corrected chi connectivity index (χ0v) is 20.6. The van der Waals surface area contributed by atoms with Crippen molar-refractivity contribution >= 4 is 11.6 Å². The molecule has 0 radical (unpaired) electrons. The smallest absolute Gasteiger partial charge is 0.208 e. The second-order valence-electron chi connectivity index (χ2n) is 9.18. The minimum atomic E-state index is -3.08. The summed E-state index contributed by atoms with van der Waals surface area (Å²) in [6.45, 7) is -1.04. The van der Waals surface area contributed by atoms with Gasteiger partial charge in [-0.25, -0.2) is 0 Å². The normalized spacial score (nSPS) is 32.5. The van der Waals surface area contributed by atoms with Crippen LogP contribution in [0.2, 0.25) is 0 Å². The number of aliphatic hydroxyl groups excluding tert-OH is 1. The molecule has 1 saturated heterocycles. The number of hydrogen-bond acceptors (Lipinski definition) is 11. The van der Waals surface area contributed by atoms with E-state index >= 15 is 0 Å². The van der Waals surface area contributed by atoms with E-state index in [-0.39, 0.29) is 11.5 Å². The van der Waals surface area contributed by atoms with E-state index in [9.17, 15) is 30.0 Å². The van der Waals surface area contributed by atoms with E-state index in [1.165, 1.54) is 45.4 Å². The van der Waals surface area contributed by atoms with E-state index in [2.05, 4.69) is 0 Å². The number of benzene rings is 2. The lowest BCUT2D eigenvalue weighted by Gasteiger charge is -2.66. The number of fused-ring (bicyclic) bond motifs is 1. The van der Waals surface area contributed by atoms with Crippen molar-refractivity contribution < 1.29 is 53.7 Å². The van der Waals surface area contributed by atoms with E-state index < -0.39 is 66.3 Å². The van der Waals surface area contributed by atoms with Crippen LogP contribution in [0.1, 0.15) is 6.92 Å². The standard InChI is InChI=1S/C26H30O11/c1-15-22(29)23-25(15,31)26(32,21(28)13-36-19-10-6-17(34-3)7-11-19)24(30,14-37-23)20(27)12-35-18-8-4-16(33-2)5-9-18/h4-11,15,22-23,29-32H,12-14H2,1-3H3/t15?,22?,23-,24-,25-,26-/m1/s1. The number of ketones is 2. The first kappa shape index (κ1) is 26.8. The van der Waals surface area contributed by atoms with Crippen molar-refractivity contribution in [1.29, 1.82) is 0 Å². The Kier molecular flexibility index (Phi) is 7.19. The molecule has 0 amide bonds. The molecule has 0 spiro atoms. The van der Waals surface area contributed by atoms with Gasteiger partial charge in [-0.1, -0.05) is 6.92 Å². The highest BCUT2D eigenvalue weighted by Crippen LogP contribution is 2.55. The molecule has 200 valence electrons. The molecule has 2 aliphatic rings. The van der Waals surface area contributed by atoms with Crippen LogP contribution in [0, 0.1) is 5.92 Å². The van der Waals surface area contributed by atoms with Crippen molar-refractivity contribution in [2.75, 3.05) is 34.0 Å². The Morgan fingerprint density at radius 1 is 0.838 bits per heavy atom. The first-order valence-electron chi connectivity index (χ1n) is 11.6. The second kappa shape index (κ2) is 9.92. The molecule has 4 N–H and O–H groups in total. The summed E-state index contributed by atoms with van der Waals surface area (Å²) in [5.41, 5.74) is -8.45. The highest BCUT2D eigenvalue weighted by Gasteiger charge is 2.82. The molecule has 0 aromatic heterocycles. The quantitative estimate of drug-likeness (QED) is 0.332. The average Bonchev–Trinajstić information content (AvgIpc) is 2.93. The minimum Gasteiger partial charge on any atom is -0.497 e. The lowest BCUT2D eigenvalue weighted by Crippen LogP contribution is -2.91. The van der Waals surface area contributed by atoms with Crippen LogP contribution in [-0.4, -0.2) is 95.0 Å². The molecule has 37 heavy (non-hydrogen) atoms. The predicted octanol–water partition coefficient (Wildman–Crippen LogP) is -0.0975. The van der Waals surface area contributed by atoms with Gasteiger partial charge in [-0.15, -0.1) is 0 Å². The van der Waals surface area contributed by atoms with Gasteiger partial charge in [-0.05, 0) is 48.5 Å². The molecule has 2 aromatic rings. The Balaban J connectivity index is 1.59. The number of methoxy groups -OCH3 is 2. The van der Waals surface area contributed by atoms with Gasteiger partial charge in [0.05, 0.1) is 26.9 Å². The van der Waals surface area contributed by atoms with Crippen molar-refractivity contribution in [3.63, 3.8) is 0 Å². The van der Waals surface area contributed by atoms with Crippen molar-refractivity contribution in [2.45, 2.75) is 35.9 Å². The third-order valence-electron chi connectivity index (χ3n) is 7.32. The van der Waals surface area contributed by atoms with Crippen molar-refractivity contribution in [3.8, 4) is 23.0 Å². The van der Waals surface area contributed by atoms with Gasteiger partial charge in [0.15, 0.2) is 11.2 Å². The van der Waals surface area contributed by atoms with E-state index in [0.717, 1.165) is 0 Å². The van der Waals surface area contributed by atoms with Gasteiger partial charge < -0.3 is 44.1 Å². The molecule has 0 bridgehead atoms. The van der Waals surface area contributed by atoms with Crippen molar-refractivity contribution in [1.82, 2.24) is 0 Å². The summed E-state index contributed by atoms with van der Waals surface area (Å²) in [5, 5.41) is 45.0. The number of carbonyl (C=O) groups is 2. The molecular formula is C26H30O11. The number of aliphatic hydroxyl groups is 4. The Hall–Kier alpha value is -3.22. The van der Waals surface area contributed by atoms with Crippen LogP contribution in [0.25, 0.3) is 0 Å². The number of hydrogen-bond donors (Lipinski definition) is 4. The van der Waals surface area contributed by atoms with E-state index in [1.54, 1.807) is 24.3 Å². The first-order valence-corrected chi connectivity index (χ1v) is 11.6. The molecule has 2 fully saturated rings. The molecule has 2 aromatic carbocycles. The molecule has 11 nitrogen and oxygen atoms in total. The first-order chi connectivity index (χ1) is 17.5. The lowest BCUT2D eigenvalue weighted by atomic mass is 9.50. The Morgan fingerprint density at radius 2 is 1.27 bits per heavy atom. The van der Waals surface area contributed by atoms with Gasteiger partial charge in [0.25, 0.3) is 0 Å². The third-order valence-corrected chi connectivity index (χ3v) is 7.32. The van der Waals surface area contributed by atoms with Crippen LogP contribution in [-0.2, 0) is 14.3 Å². The maximum atomic E-state index is 13.5. The molecule has 11 heteroatoms. The van der Waals surface area contributed by atoms with E-state index in [0.29, 0.717) is 11.5 Å². The summed E-state index contributed by atoms with van der Waals surface area (Å²) >= 11 is 0. The highest BCUT2D eigenvalue weighted by atomic mass is 16.6. The van der Waals surface area contributed by atoms with Crippen molar-refractivity contribution in [3.05, 3.63) is 48.5 Å². The minimum absolute atomic E-state index is 0.243. The van der Waals surface area contributed by atoms with Gasteiger partial charge in [-0.3, -0.25) is 9.59 Å². The van der Waals surface area contributed by atoms with Crippen LogP contribution in [0.5, 0.6) is 23.0 Å². The summed E-state index contributed by atoms with van der Waals surface area (Å²) in [6, 6.07) is 12.5. The monoisotopic (exact) mass is 518 g/mol. The van der Waals surface area contributed by atoms with Gasteiger partial charge in [0.2, 0.25) is 11.6 Å². The van der Waals surface area contributed by atoms with Gasteiger partial charge >= 0.3 is 0 Å². The van der Waals surface area contributed by atoms with E-state index in [4.69, 9.17) is 23.7 Å². The SMILES string of the molecule is COc1ccc(OCC(=O)[C@@]2(O)[C@](O)(C(=O)COc3ccc(OC)cc3)CO[C@@H]3C(O)C(C)[C@@]32O)cc1. The number of Topliss-reactive ketones (excluding diaryl/α,β-unsaturated/α-hetero) is 2. The van der Waals surface area contributed by atoms with Crippen LogP contribution in [0.15, 0.2) is 48.5 Å². The fourth-order valence-electron chi connectivity index (χ4n) is 4.93. The number of carbonyl (C=O) groups excluding carboxylic acids is 2. The molecule has 1 saturated carbocycles. The summed E-state index contributed by atoms with van der Waals surface area (Å²) < 4.78 is 26.5. The predicted molar refractivity (Wildman–Crippen MR) is 127 cm³/mol. The summed E-state index contributed by atoms with van der Waals surface area (Å²) in [7, 11) is 2.98. The topological polar surface area (TPSA) is 161 Å². The fraction of sp³-hybridized carbons (Fsp3) is 0.462. The lowest BCUT2D eigenvalue weighted by molar-refractivity contribution is -0.384. The van der Waals surface area contributed by atoms with Gasteiger partial charge in [0.1, 0.15) is 47.9 Å². The summed E-state index contributed by atoms with van der Waals surface area (Å²) in [6.07, 6.45) is -2.64. The molecule has 4 rings (SSSR count). The van der Waals surface area contributed by atoms with E-state index in [1.807, 2.05) is 0 Å². The Morgan fingerprint density at radius 3 is 1.73 bits per heavy atom. The average molecular weight is 519 g/mol. The van der Waals surface area contributed by atoms with Crippen LogP contribution in [0.4, 0.5) is 0 Å². The number of rotatable bonds is 10. The fourth-order valence-corrected chi connectivity index (χ4v) is 4.93. The molecular weight excluding hydrogens is 488 g/mol. The maximum absolute atomic E-state index is 13.5. The Labute approximate surface area is 213 Å².